The van der Waals surface area contributed by atoms with Crippen LogP contribution in [0.5, 0.6) is 0 Å². The second-order valence-corrected chi connectivity index (χ2v) is 8.98. The average molecular weight is 499 g/mol. The van der Waals surface area contributed by atoms with Gasteiger partial charge in [-0.15, -0.1) is 0 Å². The van der Waals surface area contributed by atoms with Crippen LogP contribution >= 0.6 is 0 Å². The van der Waals surface area contributed by atoms with E-state index in [0.29, 0.717) is 42.4 Å². The van der Waals surface area contributed by atoms with Crippen molar-refractivity contribution in [3.63, 3.8) is 0 Å². The van der Waals surface area contributed by atoms with E-state index in [4.69, 9.17) is 15.2 Å². The van der Waals surface area contributed by atoms with Crippen LogP contribution in [0.15, 0.2) is 48.2 Å². The van der Waals surface area contributed by atoms with Crippen molar-refractivity contribution in [3.05, 3.63) is 76.1 Å². The molecule has 1 aromatic carbocycles. The second kappa shape index (κ2) is 9.51. The number of carbonyl (C=O) groups is 1. The third-order valence-corrected chi connectivity index (χ3v) is 6.46. The fraction of sp³-hybridized carbons (Fsp3) is 0.346. The minimum absolute atomic E-state index is 0.0462. The second-order valence-electron chi connectivity index (χ2n) is 8.98. The summed E-state index contributed by atoms with van der Waals surface area (Å²) < 4.78 is 50.2. The normalized spacial score (nSPS) is 17.7. The summed E-state index contributed by atoms with van der Waals surface area (Å²) in [6, 6.07) is 7.49. The predicted octanol–water partition coefficient (Wildman–Crippen LogP) is 4.81. The lowest BCUT2D eigenvalue weighted by atomic mass is 10.00. The molecule has 2 aromatic heterocycles. The maximum atomic E-state index is 13.7. The lowest BCUT2D eigenvalue weighted by Gasteiger charge is -2.26. The summed E-state index contributed by atoms with van der Waals surface area (Å²) in [4.78, 5) is 23.7. The molecule has 0 saturated carbocycles. The van der Waals surface area contributed by atoms with Gasteiger partial charge in [-0.1, -0.05) is 6.08 Å². The molecule has 1 amide bonds. The Morgan fingerprint density at radius 1 is 1.19 bits per heavy atom. The zero-order chi connectivity index (χ0) is 25.4. The Labute approximate surface area is 205 Å². The topological polar surface area (TPSA) is 90.6 Å². The van der Waals surface area contributed by atoms with E-state index in [1.54, 1.807) is 23.1 Å². The van der Waals surface area contributed by atoms with Crippen LogP contribution in [-0.2, 0) is 28.8 Å². The quantitative estimate of drug-likeness (QED) is 0.508. The number of rotatable bonds is 5. The molecule has 188 valence electrons. The number of nitrogens with zero attached hydrogens (tertiary/aromatic N) is 3. The number of halogens is 3. The summed E-state index contributed by atoms with van der Waals surface area (Å²) in [6.45, 7) is 3.62. The van der Waals surface area contributed by atoms with Gasteiger partial charge in [0.1, 0.15) is 5.82 Å². The summed E-state index contributed by atoms with van der Waals surface area (Å²) in [5.41, 5.74) is 9.44. The standard InChI is InChI=1S/C26H25F3N4O3/c1-15-23-21(14-36-15)20-9-17(4-7-22(20)32-24(23)30)25(34)33(11-16-3-2-8-35-13-16)12-19-6-5-18(10-31-19)26(27,28)29/h3-7,9-10,15H,2,8,11-14H2,1H3,(H2,30,32). The summed E-state index contributed by atoms with van der Waals surface area (Å²) in [5.74, 6) is 0.142. The smallest absolute Gasteiger partial charge is 0.383 e. The Hall–Kier alpha value is -3.50. The number of anilines is 1. The Morgan fingerprint density at radius 3 is 2.72 bits per heavy atom. The largest absolute Gasteiger partial charge is 0.417 e. The number of nitrogens with two attached hydrogens (primary N) is 1. The van der Waals surface area contributed by atoms with Crippen LogP contribution in [-0.4, -0.2) is 40.5 Å². The third kappa shape index (κ3) is 4.78. The van der Waals surface area contributed by atoms with E-state index in [9.17, 15) is 18.0 Å². The number of fused-ring (bicyclic) bond motifs is 3. The van der Waals surface area contributed by atoms with Crippen LogP contribution < -0.4 is 5.73 Å². The minimum Gasteiger partial charge on any atom is -0.383 e. The summed E-state index contributed by atoms with van der Waals surface area (Å²) in [6.07, 6.45) is -1.10. The van der Waals surface area contributed by atoms with Crippen LogP contribution in [0.1, 0.15) is 52.2 Å². The first-order chi connectivity index (χ1) is 17.2. The van der Waals surface area contributed by atoms with Crippen molar-refractivity contribution in [3.8, 4) is 0 Å². The molecule has 3 aromatic rings. The van der Waals surface area contributed by atoms with Crippen molar-refractivity contribution < 1.29 is 27.4 Å². The van der Waals surface area contributed by atoms with Crippen molar-refractivity contribution >= 4 is 22.6 Å². The van der Waals surface area contributed by atoms with Crippen molar-refractivity contribution in [2.45, 2.75) is 38.8 Å². The number of hydrogen-bond donors (Lipinski definition) is 1. The number of nitrogen functional groups attached to an aromatic ring is 1. The molecule has 0 fully saturated rings. The lowest BCUT2D eigenvalue weighted by molar-refractivity contribution is -0.137. The van der Waals surface area contributed by atoms with Crippen molar-refractivity contribution in [2.24, 2.45) is 0 Å². The van der Waals surface area contributed by atoms with Crippen LogP contribution in [0.3, 0.4) is 0 Å². The molecule has 10 heteroatoms. The maximum Gasteiger partial charge on any atom is 0.417 e. The van der Waals surface area contributed by atoms with Gasteiger partial charge in [-0.25, -0.2) is 4.98 Å². The molecule has 7 nitrogen and oxygen atoms in total. The van der Waals surface area contributed by atoms with Gasteiger partial charge in [0.05, 0.1) is 49.2 Å². The van der Waals surface area contributed by atoms with E-state index in [1.807, 2.05) is 13.0 Å². The molecule has 4 heterocycles. The molecule has 0 saturated heterocycles. The number of aromatic nitrogens is 2. The summed E-state index contributed by atoms with van der Waals surface area (Å²) >= 11 is 0. The van der Waals surface area contributed by atoms with Gasteiger partial charge in [-0.05, 0) is 54.8 Å². The van der Waals surface area contributed by atoms with Crippen LogP contribution in [0.2, 0.25) is 0 Å². The Morgan fingerprint density at radius 2 is 2.03 bits per heavy atom. The van der Waals surface area contributed by atoms with Crippen LogP contribution in [0.25, 0.3) is 10.9 Å². The molecular formula is C26H25F3N4O3. The number of hydrogen-bond acceptors (Lipinski definition) is 6. The van der Waals surface area contributed by atoms with Gasteiger partial charge in [0.15, 0.2) is 0 Å². The van der Waals surface area contributed by atoms with Gasteiger partial charge >= 0.3 is 6.18 Å². The molecule has 1 unspecified atom stereocenters. The molecule has 0 aliphatic carbocycles. The fourth-order valence-corrected chi connectivity index (χ4v) is 4.63. The highest BCUT2D eigenvalue weighted by Gasteiger charge is 2.31. The van der Waals surface area contributed by atoms with E-state index in [-0.39, 0.29) is 25.1 Å². The molecule has 0 radical (unpaired) electrons. The molecule has 0 bridgehead atoms. The number of pyridine rings is 2. The van der Waals surface area contributed by atoms with Gasteiger partial charge in [0.25, 0.3) is 5.91 Å². The van der Waals surface area contributed by atoms with E-state index in [1.165, 1.54) is 6.07 Å². The van der Waals surface area contributed by atoms with Gasteiger partial charge < -0.3 is 20.1 Å². The molecule has 1 atom stereocenters. The van der Waals surface area contributed by atoms with E-state index < -0.39 is 11.7 Å². The lowest BCUT2D eigenvalue weighted by Crippen LogP contribution is -2.34. The first-order valence-electron chi connectivity index (χ1n) is 11.6. The number of alkyl halides is 3. The summed E-state index contributed by atoms with van der Waals surface area (Å²) in [5, 5.41) is 0.794. The van der Waals surface area contributed by atoms with Gasteiger partial charge in [-0.3, -0.25) is 9.78 Å². The van der Waals surface area contributed by atoms with Crippen molar-refractivity contribution in [1.82, 2.24) is 14.9 Å². The first kappa shape index (κ1) is 24.2. The highest BCUT2D eigenvalue weighted by molar-refractivity contribution is 5.99. The SMILES string of the molecule is CC1OCc2c1c(N)nc1ccc(C(=O)N(CC3=CCCOC3)Cc3ccc(C(F)(F)F)cn3)cc21. The van der Waals surface area contributed by atoms with E-state index in [2.05, 4.69) is 9.97 Å². The number of carbonyl (C=O) groups excluding carboxylic acids is 1. The Kier molecular flexibility index (Phi) is 6.40. The van der Waals surface area contributed by atoms with Crippen molar-refractivity contribution in [2.75, 3.05) is 25.5 Å². The minimum atomic E-state index is -4.48. The zero-order valence-electron chi connectivity index (χ0n) is 19.6. The van der Waals surface area contributed by atoms with Gasteiger partial charge in [0.2, 0.25) is 0 Å². The highest BCUT2D eigenvalue weighted by atomic mass is 19.4. The molecule has 2 aliphatic rings. The van der Waals surface area contributed by atoms with E-state index >= 15 is 0 Å². The molecular weight excluding hydrogens is 473 g/mol. The number of amides is 1. The molecule has 36 heavy (non-hydrogen) atoms. The highest BCUT2D eigenvalue weighted by Crippen LogP contribution is 2.38. The van der Waals surface area contributed by atoms with Gasteiger partial charge in [-0.2, -0.15) is 13.2 Å². The number of ether oxygens (including phenoxy) is 2. The van der Waals surface area contributed by atoms with Gasteiger partial charge in [0, 0.05) is 29.3 Å². The van der Waals surface area contributed by atoms with Crippen LogP contribution in [0, 0.1) is 0 Å². The van der Waals surface area contributed by atoms with E-state index in [0.717, 1.165) is 40.8 Å². The third-order valence-electron chi connectivity index (χ3n) is 6.46. The fourth-order valence-electron chi connectivity index (χ4n) is 4.63. The molecule has 0 spiro atoms. The average Bonchev–Trinajstić information content (AvgIpc) is 3.26. The van der Waals surface area contributed by atoms with Crippen molar-refractivity contribution in [1.29, 1.82) is 0 Å². The monoisotopic (exact) mass is 498 g/mol. The maximum absolute atomic E-state index is 13.7. The first-order valence-corrected chi connectivity index (χ1v) is 11.6. The predicted molar refractivity (Wildman–Crippen MR) is 127 cm³/mol. The molecule has 2 aliphatic heterocycles. The zero-order valence-corrected chi connectivity index (χ0v) is 19.6. The Bertz CT molecular complexity index is 1340. The summed E-state index contributed by atoms with van der Waals surface area (Å²) in [7, 11) is 0. The number of benzene rings is 1. The molecule has 5 rings (SSSR count). The van der Waals surface area contributed by atoms with Crippen LogP contribution in [0.4, 0.5) is 19.0 Å². The molecule has 2 N–H and O–H groups in total. The Balaban J connectivity index is 1.48.